The molecule has 0 aromatic heterocycles. The lowest BCUT2D eigenvalue weighted by Crippen LogP contribution is -1.95. The Balaban J connectivity index is 2.43. The van der Waals surface area contributed by atoms with Gasteiger partial charge in [-0.2, -0.15) is 0 Å². The predicted molar refractivity (Wildman–Crippen MR) is 67.5 cm³/mol. The molecular weight excluding hydrogens is 182 g/mol. The third-order valence-electron chi connectivity index (χ3n) is 2.56. The quantitative estimate of drug-likeness (QED) is 0.670. The summed E-state index contributed by atoms with van der Waals surface area (Å²) in [6.45, 7) is 5.80. The highest BCUT2D eigenvalue weighted by molar-refractivity contribution is 5.80. The molecule has 1 aromatic carbocycles. The summed E-state index contributed by atoms with van der Waals surface area (Å²) >= 11 is 0. The second-order valence-corrected chi connectivity index (χ2v) is 3.76. The van der Waals surface area contributed by atoms with Crippen LogP contribution in [0.3, 0.4) is 0 Å². The first-order valence-corrected chi connectivity index (χ1v) is 5.54. The van der Waals surface area contributed by atoms with Crippen molar-refractivity contribution in [2.24, 2.45) is 0 Å². The van der Waals surface area contributed by atoms with E-state index in [0.29, 0.717) is 0 Å². The van der Waals surface area contributed by atoms with Gasteiger partial charge in [-0.3, -0.25) is 0 Å². The zero-order valence-corrected chi connectivity index (χ0v) is 9.42. The van der Waals surface area contributed by atoms with Crippen LogP contribution < -0.4 is 0 Å². The second-order valence-electron chi connectivity index (χ2n) is 3.76. The molecule has 0 spiro atoms. The van der Waals surface area contributed by atoms with Gasteiger partial charge in [0, 0.05) is 5.71 Å². The molecule has 0 amide bonds. The smallest absolute Gasteiger partial charge is 0.00865 e. The first-order valence-electron chi connectivity index (χ1n) is 5.54. The van der Waals surface area contributed by atoms with Crippen molar-refractivity contribution >= 4 is 11.8 Å². The van der Waals surface area contributed by atoms with E-state index in [2.05, 4.69) is 30.8 Å². The van der Waals surface area contributed by atoms with Crippen LogP contribution in [0, 0.1) is 5.41 Å². The Morgan fingerprint density at radius 3 is 2.93 bits per heavy atom. The average Bonchev–Trinajstić information content (AvgIpc) is 2.29. The van der Waals surface area contributed by atoms with Crippen LogP contribution >= 0.6 is 0 Å². The number of aryl methyl sites for hydroxylation is 1. The number of nitrogens with one attached hydrogen (secondary N) is 1. The van der Waals surface area contributed by atoms with Crippen molar-refractivity contribution in [1.82, 2.24) is 0 Å². The summed E-state index contributed by atoms with van der Waals surface area (Å²) in [5, 5.41) is 7.57. The summed E-state index contributed by atoms with van der Waals surface area (Å²) in [5.74, 6) is 0. The van der Waals surface area contributed by atoms with Gasteiger partial charge in [0.2, 0.25) is 0 Å². The number of rotatable bonds is 6. The van der Waals surface area contributed by atoms with E-state index in [1.807, 2.05) is 13.0 Å². The highest BCUT2D eigenvalue weighted by atomic mass is 14.4. The van der Waals surface area contributed by atoms with Gasteiger partial charge in [0.1, 0.15) is 0 Å². The molecule has 80 valence electrons. The lowest BCUT2D eigenvalue weighted by molar-refractivity contribution is 0.850. The van der Waals surface area contributed by atoms with E-state index in [0.717, 1.165) is 31.4 Å². The molecule has 0 saturated carbocycles. The molecule has 1 rings (SSSR count). The van der Waals surface area contributed by atoms with Gasteiger partial charge in [-0.25, -0.2) is 0 Å². The molecular formula is C14H19N. The van der Waals surface area contributed by atoms with E-state index in [9.17, 15) is 0 Å². The molecule has 0 heterocycles. The van der Waals surface area contributed by atoms with Gasteiger partial charge in [-0.15, -0.1) is 0 Å². The molecule has 0 aliphatic carbocycles. The number of benzene rings is 1. The minimum absolute atomic E-state index is 0.856. The lowest BCUT2D eigenvalue weighted by Gasteiger charge is -2.03. The van der Waals surface area contributed by atoms with Gasteiger partial charge >= 0.3 is 0 Å². The molecule has 0 aliphatic heterocycles. The Labute approximate surface area is 92.3 Å². The Hall–Kier alpha value is -1.37. The van der Waals surface area contributed by atoms with Crippen LogP contribution in [0.4, 0.5) is 0 Å². The first-order chi connectivity index (χ1) is 7.26. The normalized spacial score (nSPS) is 9.93. The molecule has 1 nitrogen and oxygen atoms in total. The molecule has 0 aliphatic rings. The predicted octanol–water partition coefficient (Wildman–Crippen LogP) is 4.08. The minimum Gasteiger partial charge on any atom is -0.310 e. The summed E-state index contributed by atoms with van der Waals surface area (Å²) in [6, 6.07) is 8.44. The molecule has 0 radical (unpaired) electrons. The Morgan fingerprint density at radius 2 is 2.27 bits per heavy atom. The van der Waals surface area contributed by atoms with E-state index in [-0.39, 0.29) is 0 Å². The van der Waals surface area contributed by atoms with Crippen molar-refractivity contribution in [3.63, 3.8) is 0 Å². The van der Waals surface area contributed by atoms with Gasteiger partial charge in [-0.1, -0.05) is 43.8 Å². The van der Waals surface area contributed by atoms with Crippen LogP contribution in [0.2, 0.25) is 0 Å². The standard InChI is InChI=1S/C14H19N/c1-3-12-7-5-8-13(11-12)9-6-10-14(15)4-2/h3,5,7-8,11,15H,1,4,6,9-10H2,2H3. The van der Waals surface area contributed by atoms with Crippen LogP contribution in [-0.4, -0.2) is 5.71 Å². The van der Waals surface area contributed by atoms with Gasteiger partial charge < -0.3 is 5.41 Å². The zero-order chi connectivity index (χ0) is 11.1. The Morgan fingerprint density at radius 1 is 1.47 bits per heavy atom. The summed E-state index contributed by atoms with van der Waals surface area (Å²) in [5.41, 5.74) is 3.38. The third-order valence-corrected chi connectivity index (χ3v) is 2.56. The van der Waals surface area contributed by atoms with Gasteiger partial charge in [0.15, 0.2) is 0 Å². The van der Waals surface area contributed by atoms with Gasteiger partial charge in [0.05, 0.1) is 0 Å². The maximum atomic E-state index is 7.57. The van der Waals surface area contributed by atoms with Crippen molar-refractivity contribution in [1.29, 1.82) is 5.41 Å². The van der Waals surface area contributed by atoms with Crippen LogP contribution in [0.1, 0.15) is 37.3 Å². The summed E-state index contributed by atoms with van der Waals surface area (Å²) in [4.78, 5) is 0. The number of hydrogen-bond donors (Lipinski definition) is 1. The van der Waals surface area contributed by atoms with Crippen LogP contribution in [-0.2, 0) is 6.42 Å². The lowest BCUT2D eigenvalue weighted by atomic mass is 10.0. The molecule has 0 fully saturated rings. The SMILES string of the molecule is C=Cc1cccc(CCCC(=N)CC)c1. The molecule has 0 atom stereocenters. The van der Waals surface area contributed by atoms with Crippen molar-refractivity contribution in [2.75, 3.05) is 0 Å². The third kappa shape index (κ3) is 4.11. The van der Waals surface area contributed by atoms with Crippen LogP contribution in [0.15, 0.2) is 30.8 Å². The van der Waals surface area contributed by atoms with E-state index in [1.54, 1.807) is 0 Å². The molecule has 0 unspecified atom stereocenters. The van der Waals surface area contributed by atoms with E-state index >= 15 is 0 Å². The molecule has 15 heavy (non-hydrogen) atoms. The molecule has 0 bridgehead atoms. The topological polar surface area (TPSA) is 23.9 Å². The Kier molecular flexibility index (Phi) is 4.82. The molecule has 0 saturated heterocycles. The Bertz CT molecular complexity index is 339. The van der Waals surface area contributed by atoms with Crippen molar-refractivity contribution in [3.8, 4) is 0 Å². The van der Waals surface area contributed by atoms with Crippen molar-refractivity contribution < 1.29 is 0 Å². The average molecular weight is 201 g/mol. The zero-order valence-electron chi connectivity index (χ0n) is 9.42. The van der Waals surface area contributed by atoms with Crippen LogP contribution in [0.25, 0.3) is 6.08 Å². The second kappa shape index (κ2) is 6.18. The highest BCUT2D eigenvalue weighted by Crippen LogP contribution is 2.10. The summed E-state index contributed by atoms with van der Waals surface area (Å²) in [6.07, 6.45) is 5.82. The fraction of sp³-hybridized carbons (Fsp3) is 0.357. The molecule has 1 aromatic rings. The van der Waals surface area contributed by atoms with Gasteiger partial charge in [-0.05, 0) is 36.8 Å². The van der Waals surface area contributed by atoms with E-state index in [4.69, 9.17) is 5.41 Å². The first kappa shape index (κ1) is 11.7. The largest absolute Gasteiger partial charge is 0.310 e. The highest BCUT2D eigenvalue weighted by Gasteiger charge is 1.96. The van der Waals surface area contributed by atoms with Crippen LogP contribution in [0.5, 0.6) is 0 Å². The maximum absolute atomic E-state index is 7.57. The molecule has 1 N–H and O–H groups in total. The van der Waals surface area contributed by atoms with Crippen molar-refractivity contribution in [2.45, 2.75) is 32.6 Å². The maximum Gasteiger partial charge on any atom is 0.00865 e. The fourth-order valence-electron chi connectivity index (χ4n) is 1.56. The fourth-order valence-corrected chi connectivity index (χ4v) is 1.56. The minimum atomic E-state index is 0.856. The number of hydrogen-bond acceptors (Lipinski definition) is 1. The monoisotopic (exact) mass is 201 g/mol. The molecule has 1 heteroatoms. The summed E-state index contributed by atoms with van der Waals surface area (Å²) < 4.78 is 0. The van der Waals surface area contributed by atoms with E-state index < -0.39 is 0 Å². The van der Waals surface area contributed by atoms with Gasteiger partial charge in [0.25, 0.3) is 0 Å². The van der Waals surface area contributed by atoms with Crippen molar-refractivity contribution in [3.05, 3.63) is 42.0 Å². The summed E-state index contributed by atoms with van der Waals surface area (Å²) in [7, 11) is 0. The van der Waals surface area contributed by atoms with E-state index in [1.165, 1.54) is 11.1 Å².